The number of hydrogen-bond donors (Lipinski definition) is 7. The van der Waals surface area contributed by atoms with Crippen molar-refractivity contribution in [1.29, 1.82) is 0 Å². The van der Waals surface area contributed by atoms with Crippen molar-refractivity contribution in [3.63, 3.8) is 0 Å². The highest BCUT2D eigenvalue weighted by atomic mass is 31.1. The average Bonchev–Trinajstić information content (AvgIpc) is 2.57. The van der Waals surface area contributed by atoms with E-state index in [9.17, 15) is 35.2 Å². The third-order valence-corrected chi connectivity index (χ3v) is 6.32. The van der Waals surface area contributed by atoms with Crippen LogP contribution in [-0.4, -0.2) is 97.1 Å². The number of rotatable bonds is 9. The molecule has 0 heterocycles. The van der Waals surface area contributed by atoms with Crippen LogP contribution in [0.1, 0.15) is 26.2 Å². The zero-order valence-electron chi connectivity index (χ0n) is 13.6. The fraction of sp³-hybridized carbons (Fsp3) is 1.00. The Balaban J connectivity index is 2.94. The van der Waals surface area contributed by atoms with Gasteiger partial charge in [-0.1, -0.05) is 24.3 Å². The molecule has 1 rings (SSSR count). The SMILES string of the molecule is CCCCCOC1C(O)C(O)C(O)C(O)([P+](=O)CC(O)CO)C1O. The standard InChI is InChI=1S/C14H28O9P/c1-2-3-4-5-23-11-9(17)10(18)12(19)14(21,13(11)20)24(22)7-8(16)6-15/h8-13,15-21H,2-7H2,1H3/q+1. The fourth-order valence-corrected chi connectivity index (χ4v) is 4.37. The molecule has 1 aliphatic carbocycles. The van der Waals surface area contributed by atoms with E-state index in [4.69, 9.17) is 9.84 Å². The molecule has 24 heavy (non-hydrogen) atoms. The van der Waals surface area contributed by atoms with Gasteiger partial charge in [-0.25, -0.2) is 0 Å². The summed E-state index contributed by atoms with van der Waals surface area (Å²) in [5.41, 5.74) is 0. The largest absolute Gasteiger partial charge is 0.394 e. The van der Waals surface area contributed by atoms with Crippen LogP contribution in [0.2, 0.25) is 0 Å². The summed E-state index contributed by atoms with van der Waals surface area (Å²) in [4.78, 5) is 0. The van der Waals surface area contributed by atoms with E-state index in [0.717, 1.165) is 12.8 Å². The molecule has 1 saturated carbocycles. The highest BCUT2D eigenvalue weighted by molar-refractivity contribution is 7.46. The molecule has 142 valence electrons. The molecule has 0 aromatic carbocycles. The first-order valence-corrected chi connectivity index (χ1v) is 9.46. The lowest BCUT2D eigenvalue weighted by Gasteiger charge is -2.43. The van der Waals surface area contributed by atoms with Crippen molar-refractivity contribution < 1.29 is 45.0 Å². The molecule has 9 nitrogen and oxygen atoms in total. The zero-order valence-corrected chi connectivity index (χ0v) is 14.5. The Bertz CT molecular complexity index is 410. The van der Waals surface area contributed by atoms with Crippen LogP contribution in [-0.2, 0) is 9.30 Å². The monoisotopic (exact) mass is 371 g/mol. The van der Waals surface area contributed by atoms with E-state index in [1.54, 1.807) is 0 Å². The van der Waals surface area contributed by atoms with Gasteiger partial charge in [0.15, 0.2) is 18.4 Å². The summed E-state index contributed by atoms with van der Waals surface area (Å²) in [6.45, 7) is 1.40. The Hall–Kier alpha value is -0.220. The third-order valence-electron chi connectivity index (χ3n) is 4.24. The minimum Gasteiger partial charge on any atom is -0.394 e. The van der Waals surface area contributed by atoms with E-state index >= 15 is 0 Å². The average molecular weight is 371 g/mol. The lowest BCUT2D eigenvalue weighted by Crippen LogP contribution is -2.70. The summed E-state index contributed by atoms with van der Waals surface area (Å²) in [5, 5.41) is 66.3. The maximum Gasteiger partial charge on any atom is 0.382 e. The van der Waals surface area contributed by atoms with Crippen molar-refractivity contribution in [2.24, 2.45) is 0 Å². The van der Waals surface area contributed by atoms with Crippen LogP contribution in [0.3, 0.4) is 0 Å². The molecule has 0 amide bonds. The molecular weight excluding hydrogens is 343 g/mol. The lowest BCUT2D eigenvalue weighted by atomic mass is 9.84. The molecule has 8 unspecified atom stereocenters. The summed E-state index contributed by atoms with van der Waals surface area (Å²) in [6.07, 6.45) is -8.71. The van der Waals surface area contributed by atoms with E-state index < -0.39 is 62.5 Å². The molecule has 8 atom stereocenters. The predicted octanol–water partition coefficient (Wildman–Crippen LogP) is -2.11. The Kier molecular flexibility index (Phi) is 8.61. The molecule has 1 fully saturated rings. The highest BCUT2D eigenvalue weighted by Gasteiger charge is 2.69. The third kappa shape index (κ3) is 4.49. The van der Waals surface area contributed by atoms with Gasteiger partial charge >= 0.3 is 13.1 Å². The second kappa shape index (κ2) is 9.47. The van der Waals surface area contributed by atoms with E-state index in [1.807, 2.05) is 6.92 Å². The second-order valence-electron chi connectivity index (χ2n) is 6.09. The Labute approximate surface area is 141 Å². The number of aliphatic hydroxyl groups excluding tert-OH is 6. The molecule has 10 heteroatoms. The summed E-state index contributed by atoms with van der Waals surface area (Å²) in [5.74, 6) is 0. The van der Waals surface area contributed by atoms with Crippen molar-refractivity contribution in [2.45, 2.75) is 68.2 Å². The van der Waals surface area contributed by atoms with Gasteiger partial charge in [0.2, 0.25) is 0 Å². The van der Waals surface area contributed by atoms with E-state index in [-0.39, 0.29) is 6.61 Å². The maximum absolute atomic E-state index is 12.3. The molecule has 7 N–H and O–H groups in total. The predicted molar refractivity (Wildman–Crippen MR) is 83.8 cm³/mol. The molecule has 0 saturated heterocycles. The van der Waals surface area contributed by atoms with Crippen LogP contribution in [0.15, 0.2) is 0 Å². The van der Waals surface area contributed by atoms with E-state index in [2.05, 4.69) is 0 Å². The van der Waals surface area contributed by atoms with Crippen LogP contribution in [0, 0.1) is 0 Å². The molecule has 0 aliphatic heterocycles. The van der Waals surface area contributed by atoms with Crippen molar-refractivity contribution in [1.82, 2.24) is 0 Å². The van der Waals surface area contributed by atoms with Gasteiger partial charge in [0.05, 0.1) is 6.61 Å². The van der Waals surface area contributed by atoms with Crippen molar-refractivity contribution in [3.05, 3.63) is 0 Å². The van der Waals surface area contributed by atoms with Gasteiger partial charge in [-0.05, 0) is 6.42 Å². The number of ether oxygens (including phenoxy) is 1. The quantitative estimate of drug-likeness (QED) is 0.177. The number of aliphatic hydroxyl groups is 7. The Morgan fingerprint density at radius 3 is 2.29 bits per heavy atom. The summed E-state index contributed by atoms with van der Waals surface area (Å²) in [6, 6.07) is 0. The molecule has 0 aromatic rings. The van der Waals surface area contributed by atoms with Gasteiger partial charge in [-0.15, -0.1) is 0 Å². The first-order valence-electron chi connectivity index (χ1n) is 8.01. The normalized spacial score (nSPS) is 38.8. The summed E-state index contributed by atoms with van der Waals surface area (Å²) >= 11 is 0. The van der Waals surface area contributed by atoms with Gasteiger partial charge in [-0.2, -0.15) is 0 Å². The Morgan fingerprint density at radius 1 is 1.12 bits per heavy atom. The van der Waals surface area contributed by atoms with Crippen LogP contribution in [0.25, 0.3) is 0 Å². The van der Waals surface area contributed by atoms with Crippen molar-refractivity contribution in [3.8, 4) is 0 Å². The van der Waals surface area contributed by atoms with Gasteiger partial charge < -0.3 is 40.5 Å². The smallest absolute Gasteiger partial charge is 0.382 e. The van der Waals surface area contributed by atoms with E-state index in [0.29, 0.717) is 6.42 Å². The topological polar surface area (TPSA) is 168 Å². The van der Waals surface area contributed by atoms with Crippen LogP contribution in [0.4, 0.5) is 0 Å². The molecule has 0 bridgehead atoms. The van der Waals surface area contributed by atoms with E-state index in [1.165, 1.54) is 0 Å². The molecule has 0 spiro atoms. The highest BCUT2D eigenvalue weighted by Crippen LogP contribution is 2.48. The van der Waals surface area contributed by atoms with Crippen LogP contribution < -0.4 is 0 Å². The minimum atomic E-state index is -2.85. The molecule has 0 radical (unpaired) electrons. The van der Waals surface area contributed by atoms with Gasteiger partial charge in [0.25, 0.3) is 0 Å². The van der Waals surface area contributed by atoms with Gasteiger partial charge in [0.1, 0.15) is 24.4 Å². The number of unbranched alkanes of at least 4 members (excludes halogenated alkanes) is 2. The maximum atomic E-state index is 12.3. The number of hydrogen-bond acceptors (Lipinski definition) is 9. The first kappa shape index (κ1) is 21.8. The fourth-order valence-electron chi connectivity index (χ4n) is 2.69. The van der Waals surface area contributed by atoms with Crippen molar-refractivity contribution in [2.75, 3.05) is 19.4 Å². The van der Waals surface area contributed by atoms with Crippen LogP contribution in [0.5, 0.6) is 0 Å². The van der Waals surface area contributed by atoms with Crippen molar-refractivity contribution >= 4 is 7.80 Å². The summed E-state index contributed by atoms with van der Waals surface area (Å²) in [7, 11) is -2.85. The van der Waals surface area contributed by atoms with Gasteiger partial charge in [0, 0.05) is 6.61 Å². The van der Waals surface area contributed by atoms with Gasteiger partial charge in [-0.3, -0.25) is 0 Å². The first-order chi connectivity index (χ1) is 11.2. The zero-order chi connectivity index (χ0) is 18.5. The minimum absolute atomic E-state index is 0.140. The summed E-state index contributed by atoms with van der Waals surface area (Å²) < 4.78 is 17.7. The Morgan fingerprint density at radius 2 is 1.75 bits per heavy atom. The molecular formula is C14H28O9P+. The lowest BCUT2D eigenvalue weighted by molar-refractivity contribution is -0.249. The molecule has 1 aliphatic rings. The molecule has 0 aromatic heterocycles. The second-order valence-corrected chi connectivity index (χ2v) is 7.93. The van der Waals surface area contributed by atoms with Crippen LogP contribution >= 0.6 is 7.80 Å².